The lowest BCUT2D eigenvalue weighted by Gasteiger charge is -2.27. The molecule has 116 valence electrons. The number of aliphatic hydroxyl groups excluding tert-OH is 1. The standard InChI is InChI=1S/C19H16O4/c1-22-12-7-8-13-14(9-12)18-16(10-15(13)20)23-19(21)17(18)11-5-3-2-4-6-11/h2-9,15-16,20H,10H2,1H3/t15-,16?/m1/s1. The summed E-state index contributed by atoms with van der Waals surface area (Å²) in [6, 6.07) is 15.0. The van der Waals surface area contributed by atoms with Crippen LogP contribution < -0.4 is 4.74 Å². The fourth-order valence-electron chi connectivity index (χ4n) is 3.39. The molecule has 0 fully saturated rings. The number of aliphatic hydroxyl groups is 1. The maximum atomic E-state index is 12.4. The van der Waals surface area contributed by atoms with E-state index in [1.807, 2.05) is 48.5 Å². The summed E-state index contributed by atoms with van der Waals surface area (Å²) < 4.78 is 10.8. The Morgan fingerprint density at radius 1 is 1.17 bits per heavy atom. The zero-order valence-electron chi connectivity index (χ0n) is 12.7. The molecule has 1 aliphatic heterocycles. The van der Waals surface area contributed by atoms with E-state index in [4.69, 9.17) is 9.47 Å². The van der Waals surface area contributed by atoms with Gasteiger partial charge >= 0.3 is 5.97 Å². The first-order valence-electron chi connectivity index (χ1n) is 7.56. The Morgan fingerprint density at radius 2 is 1.96 bits per heavy atom. The van der Waals surface area contributed by atoms with E-state index in [2.05, 4.69) is 0 Å². The van der Waals surface area contributed by atoms with Gasteiger partial charge in [-0.1, -0.05) is 36.4 Å². The average molecular weight is 308 g/mol. The van der Waals surface area contributed by atoms with Crippen LogP contribution in [0, 0.1) is 0 Å². The van der Waals surface area contributed by atoms with Crippen molar-refractivity contribution in [1.82, 2.24) is 0 Å². The van der Waals surface area contributed by atoms with E-state index in [0.29, 0.717) is 17.7 Å². The molecule has 0 radical (unpaired) electrons. The van der Waals surface area contributed by atoms with Crippen LogP contribution in [0.5, 0.6) is 5.75 Å². The van der Waals surface area contributed by atoms with Crippen molar-refractivity contribution in [3.8, 4) is 5.75 Å². The van der Waals surface area contributed by atoms with E-state index >= 15 is 0 Å². The van der Waals surface area contributed by atoms with Gasteiger partial charge in [0.25, 0.3) is 0 Å². The van der Waals surface area contributed by atoms with Crippen LogP contribution in [-0.2, 0) is 9.53 Å². The molecule has 1 aliphatic carbocycles. The van der Waals surface area contributed by atoms with E-state index in [0.717, 1.165) is 22.3 Å². The number of carbonyl (C=O) groups is 1. The lowest BCUT2D eigenvalue weighted by Crippen LogP contribution is -2.21. The zero-order chi connectivity index (χ0) is 16.0. The van der Waals surface area contributed by atoms with Crippen LogP contribution in [0.25, 0.3) is 11.1 Å². The molecule has 0 bridgehead atoms. The van der Waals surface area contributed by atoms with Gasteiger partial charge < -0.3 is 14.6 Å². The molecular formula is C19H16O4. The minimum absolute atomic E-state index is 0.334. The van der Waals surface area contributed by atoms with Crippen molar-refractivity contribution >= 4 is 17.1 Å². The van der Waals surface area contributed by atoms with Crippen LogP contribution >= 0.6 is 0 Å². The van der Waals surface area contributed by atoms with Crippen molar-refractivity contribution in [2.45, 2.75) is 18.6 Å². The molecule has 0 saturated heterocycles. The molecule has 4 rings (SSSR count). The second-order valence-corrected chi connectivity index (χ2v) is 5.75. The predicted molar refractivity (Wildman–Crippen MR) is 85.7 cm³/mol. The molecule has 2 atom stereocenters. The van der Waals surface area contributed by atoms with Crippen LogP contribution in [0.1, 0.15) is 29.2 Å². The predicted octanol–water partition coefficient (Wildman–Crippen LogP) is 2.97. The molecular weight excluding hydrogens is 292 g/mol. The van der Waals surface area contributed by atoms with Crippen molar-refractivity contribution in [1.29, 1.82) is 0 Å². The summed E-state index contributed by atoms with van der Waals surface area (Å²) in [5, 5.41) is 10.4. The summed E-state index contributed by atoms with van der Waals surface area (Å²) in [5.41, 5.74) is 3.90. The van der Waals surface area contributed by atoms with Crippen molar-refractivity contribution in [3.63, 3.8) is 0 Å². The minimum Gasteiger partial charge on any atom is -0.497 e. The summed E-state index contributed by atoms with van der Waals surface area (Å²) in [6.45, 7) is 0. The quantitative estimate of drug-likeness (QED) is 0.867. The Bertz CT molecular complexity index is 807. The summed E-state index contributed by atoms with van der Waals surface area (Å²) in [5.74, 6) is 0.356. The molecule has 0 amide bonds. The second-order valence-electron chi connectivity index (χ2n) is 5.75. The average Bonchev–Trinajstić information content (AvgIpc) is 2.91. The van der Waals surface area contributed by atoms with E-state index in [1.54, 1.807) is 7.11 Å². The van der Waals surface area contributed by atoms with Gasteiger partial charge in [0.15, 0.2) is 0 Å². The van der Waals surface area contributed by atoms with Crippen molar-refractivity contribution in [2.24, 2.45) is 0 Å². The highest BCUT2D eigenvalue weighted by Gasteiger charge is 2.41. The van der Waals surface area contributed by atoms with E-state index in [-0.39, 0.29) is 5.97 Å². The minimum atomic E-state index is -0.646. The maximum absolute atomic E-state index is 12.4. The number of rotatable bonds is 2. The molecule has 1 unspecified atom stereocenters. The maximum Gasteiger partial charge on any atom is 0.339 e. The van der Waals surface area contributed by atoms with Gasteiger partial charge in [-0.25, -0.2) is 4.79 Å². The Morgan fingerprint density at radius 3 is 2.70 bits per heavy atom. The van der Waals surface area contributed by atoms with Crippen LogP contribution in [0.3, 0.4) is 0 Å². The van der Waals surface area contributed by atoms with Crippen LogP contribution in [-0.4, -0.2) is 24.3 Å². The van der Waals surface area contributed by atoms with Gasteiger partial charge in [0, 0.05) is 12.0 Å². The molecule has 1 heterocycles. The third-order valence-electron chi connectivity index (χ3n) is 4.45. The summed E-state index contributed by atoms with van der Waals surface area (Å²) >= 11 is 0. The van der Waals surface area contributed by atoms with Gasteiger partial charge in [0.2, 0.25) is 0 Å². The summed E-state index contributed by atoms with van der Waals surface area (Å²) in [6.07, 6.45) is -0.670. The molecule has 0 aromatic heterocycles. The second kappa shape index (κ2) is 5.25. The van der Waals surface area contributed by atoms with Gasteiger partial charge in [-0.2, -0.15) is 0 Å². The number of carbonyl (C=O) groups excluding carboxylic acids is 1. The molecule has 4 heteroatoms. The highest BCUT2D eigenvalue weighted by atomic mass is 16.5. The molecule has 0 spiro atoms. The highest BCUT2D eigenvalue weighted by Crippen LogP contribution is 2.47. The summed E-state index contributed by atoms with van der Waals surface area (Å²) in [4.78, 5) is 12.4. The van der Waals surface area contributed by atoms with E-state index in [9.17, 15) is 9.90 Å². The number of esters is 1. The van der Waals surface area contributed by atoms with Gasteiger partial charge in [-0.05, 0) is 28.8 Å². The third-order valence-corrected chi connectivity index (χ3v) is 4.45. The van der Waals surface area contributed by atoms with Gasteiger partial charge in [-0.3, -0.25) is 0 Å². The Hall–Kier alpha value is -2.59. The number of hydrogen-bond donors (Lipinski definition) is 1. The molecule has 2 aliphatic rings. The van der Waals surface area contributed by atoms with Gasteiger partial charge in [0.05, 0.1) is 18.8 Å². The first kappa shape index (κ1) is 14.0. The molecule has 4 nitrogen and oxygen atoms in total. The molecule has 2 aromatic carbocycles. The first-order valence-corrected chi connectivity index (χ1v) is 7.56. The zero-order valence-corrected chi connectivity index (χ0v) is 12.7. The third kappa shape index (κ3) is 2.14. The topological polar surface area (TPSA) is 55.8 Å². The first-order chi connectivity index (χ1) is 11.2. The molecule has 0 saturated carbocycles. The number of ether oxygens (including phenoxy) is 2. The largest absolute Gasteiger partial charge is 0.497 e. The fraction of sp³-hybridized carbons (Fsp3) is 0.211. The lowest BCUT2D eigenvalue weighted by atomic mass is 9.81. The van der Waals surface area contributed by atoms with Gasteiger partial charge in [0.1, 0.15) is 11.9 Å². The van der Waals surface area contributed by atoms with E-state index in [1.165, 1.54) is 0 Å². The fourth-order valence-corrected chi connectivity index (χ4v) is 3.39. The lowest BCUT2D eigenvalue weighted by molar-refractivity contribution is -0.138. The monoisotopic (exact) mass is 308 g/mol. The molecule has 1 N–H and O–H groups in total. The number of fused-ring (bicyclic) bond motifs is 3. The van der Waals surface area contributed by atoms with Gasteiger partial charge in [-0.15, -0.1) is 0 Å². The Labute approximate surface area is 134 Å². The molecule has 2 aromatic rings. The highest BCUT2D eigenvalue weighted by molar-refractivity contribution is 6.28. The Balaban J connectivity index is 1.98. The normalized spacial score (nSPS) is 22.4. The van der Waals surface area contributed by atoms with Crippen LogP contribution in [0.15, 0.2) is 48.5 Å². The SMILES string of the molecule is COc1ccc2c(c1)C1=C(c3ccccc3)C(=O)OC1C[C@H]2O. The number of methoxy groups -OCH3 is 1. The van der Waals surface area contributed by atoms with Crippen LogP contribution in [0.4, 0.5) is 0 Å². The van der Waals surface area contributed by atoms with Crippen molar-refractivity contribution in [3.05, 3.63) is 65.2 Å². The summed E-state index contributed by atoms with van der Waals surface area (Å²) in [7, 11) is 1.60. The number of benzene rings is 2. The Kier molecular flexibility index (Phi) is 3.20. The molecule has 23 heavy (non-hydrogen) atoms. The van der Waals surface area contributed by atoms with Crippen molar-refractivity contribution < 1.29 is 19.4 Å². The number of hydrogen-bond acceptors (Lipinski definition) is 4. The van der Waals surface area contributed by atoms with Crippen molar-refractivity contribution in [2.75, 3.05) is 7.11 Å². The smallest absolute Gasteiger partial charge is 0.339 e. The van der Waals surface area contributed by atoms with Crippen LogP contribution in [0.2, 0.25) is 0 Å². The van der Waals surface area contributed by atoms with E-state index < -0.39 is 12.2 Å².